The molecule has 1 aromatic carbocycles. The zero-order valence-electron chi connectivity index (χ0n) is 10.1. The van der Waals surface area contributed by atoms with E-state index in [-0.39, 0.29) is 12.4 Å². The third-order valence-electron chi connectivity index (χ3n) is 2.47. The Morgan fingerprint density at radius 1 is 1.39 bits per heavy atom. The number of nitrogens with zero attached hydrogens (tertiary/aromatic N) is 1. The predicted molar refractivity (Wildman–Crippen MR) is 63.2 cm³/mol. The minimum Gasteiger partial charge on any atom is -0.508 e. The van der Waals surface area contributed by atoms with Gasteiger partial charge in [-0.15, -0.1) is 0 Å². The maximum absolute atomic E-state index is 11.7. The lowest BCUT2D eigenvalue weighted by atomic mass is 10.1. The lowest BCUT2D eigenvalue weighted by Gasteiger charge is -2.04. The number of carbonyl (C=O) groups excluding carboxylic acids is 1. The highest BCUT2D eigenvalue weighted by atomic mass is 16.5. The minimum absolute atomic E-state index is 0.0221. The van der Waals surface area contributed by atoms with E-state index in [1.54, 1.807) is 32.0 Å². The minimum atomic E-state index is -0.514. The van der Waals surface area contributed by atoms with Crippen molar-refractivity contribution in [3.05, 3.63) is 46.8 Å². The summed E-state index contributed by atoms with van der Waals surface area (Å²) in [6, 6.07) is 6.33. The second-order valence-corrected chi connectivity index (χ2v) is 4.01. The first kappa shape index (κ1) is 12.2. The monoisotopic (exact) mass is 247 g/mol. The van der Waals surface area contributed by atoms with Crippen LogP contribution < -0.4 is 0 Å². The molecule has 0 saturated heterocycles. The Balaban J connectivity index is 2.01. The lowest BCUT2D eigenvalue weighted by molar-refractivity contribution is 0.0437. The standard InChI is InChI=1S/C13H13NO4/c1-8-3-4-10(6-12(8)15)13(16)17-7-11-5-9(2)14-18-11/h3-6,15H,7H2,1-2H3. The fourth-order valence-electron chi connectivity index (χ4n) is 1.44. The van der Waals surface area contributed by atoms with Crippen LogP contribution in [0.1, 0.15) is 27.4 Å². The number of aryl methyl sites for hydroxylation is 2. The van der Waals surface area contributed by atoms with Gasteiger partial charge in [-0.25, -0.2) is 4.79 Å². The van der Waals surface area contributed by atoms with Gasteiger partial charge in [0.25, 0.3) is 0 Å². The molecule has 5 heteroatoms. The molecule has 0 atom stereocenters. The molecule has 0 fully saturated rings. The predicted octanol–water partition coefficient (Wildman–Crippen LogP) is 2.35. The van der Waals surface area contributed by atoms with E-state index in [1.807, 2.05) is 0 Å². The molecule has 0 unspecified atom stereocenters. The molecule has 94 valence electrons. The number of hydrogen-bond donors (Lipinski definition) is 1. The average molecular weight is 247 g/mol. The molecule has 0 aliphatic carbocycles. The van der Waals surface area contributed by atoms with Crippen LogP contribution in [0, 0.1) is 13.8 Å². The van der Waals surface area contributed by atoms with E-state index in [2.05, 4.69) is 5.16 Å². The molecule has 2 aromatic rings. The van der Waals surface area contributed by atoms with Gasteiger partial charge in [-0.3, -0.25) is 0 Å². The summed E-state index contributed by atoms with van der Waals surface area (Å²) in [5, 5.41) is 13.2. The molecular weight excluding hydrogens is 234 g/mol. The van der Waals surface area contributed by atoms with E-state index >= 15 is 0 Å². The summed E-state index contributed by atoms with van der Waals surface area (Å²) in [4.78, 5) is 11.7. The van der Waals surface area contributed by atoms with Gasteiger partial charge in [0.15, 0.2) is 12.4 Å². The van der Waals surface area contributed by atoms with E-state index in [4.69, 9.17) is 9.26 Å². The van der Waals surface area contributed by atoms with Crippen molar-refractivity contribution >= 4 is 5.97 Å². The first-order chi connectivity index (χ1) is 8.56. The molecule has 1 aromatic heterocycles. The van der Waals surface area contributed by atoms with Gasteiger partial charge in [0, 0.05) is 6.07 Å². The summed E-state index contributed by atoms with van der Waals surface area (Å²) in [5.41, 5.74) is 1.74. The summed E-state index contributed by atoms with van der Waals surface area (Å²) in [5.74, 6) is 0.0384. The van der Waals surface area contributed by atoms with Crippen LogP contribution in [0.3, 0.4) is 0 Å². The Hall–Kier alpha value is -2.30. The zero-order chi connectivity index (χ0) is 13.1. The van der Waals surface area contributed by atoms with Crippen molar-refractivity contribution in [3.63, 3.8) is 0 Å². The van der Waals surface area contributed by atoms with Gasteiger partial charge in [0.05, 0.1) is 11.3 Å². The molecule has 0 radical (unpaired) electrons. The molecule has 2 rings (SSSR count). The number of benzene rings is 1. The van der Waals surface area contributed by atoms with Crippen LogP contribution in [-0.2, 0) is 11.3 Å². The summed E-state index contributed by atoms with van der Waals surface area (Å²) in [6.07, 6.45) is 0. The maximum Gasteiger partial charge on any atom is 0.338 e. The van der Waals surface area contributed by atoms with E-state index in [0.29, 0.717) is 16.9 Å². The van der Waals surface area contributed by atoms with E-state index in [1.165, 1.54) is 6.07 Å². The number of rotatable bonds is 3. The SMILES string of the molecule is Cc1cc(COC(=O)c2ccc(C)c(O)c2)on1. The molecule has 0 aliphatic heterocycles. The Morgan fingerprint density at radius 2 is 2.17 bits per heavy atom. The van der Waals surface area contributed by atoms with Crippen LogP contribution in [0.15, 0.2) is 28.8 Å². The summed E-state index contributed by atoms with van der Waals surface area (Å²) in [6.45, 7) is 3.56. The molecule has 0 spiro atoms. The summed E-state index contributed by atoms with van der Waals surface area (Å²) < 4.78 is 9.96. The average Bonchev–Trinajstić information content (AvgIpc) is 2.75. The molecule has 5 nitrogen and oxygen atoms in total. The zero-order valence-corrected chi connectivity index (χ0v) is 10.1. The summed E-state index contributed by atoms with van der Waals surface area (Å²) >= 11 is 0. The van der Waals surface area contributed by atoms with E-state index < -0.39 is 5.97 Å². The summed E-state index contributed by atoms with van der Waals surface area (Å²) in [7, 11) is 0. The quantitative estimate of drug-likeness (QED) is 0.843. The van der Waals surface area contributed by atoms with Crippen molar-refractivity contribution in [1.29, 1.82) is 0 Å². The Morgan fingerprint density at radius 3 is 2.78 bits per heavy atom. The lowest BCUT2D eigenvalue weighted by Crippen LogP contribution is -2.04. The van der Waals surface area contributed by atoms with Crippen molar-refractivity contribution < 1.29 is 19.2 Å². The second kappa shape index (κ2) is 4.91. The highest BCUT2D eigenvalue weighted by molar-refractivity contribution is 5.89. The molecule has 0 amide bonds. The molecule has 0 saturated carbocycles. The van der Waals surface area contributed by atoms with Crippen molar-refractivity contribution in [2.45, 2.75) is 20.5 Å². The number of phenolic OH excluding ortho intramolecular Hbond substituents is 1. The molecule has 18 heavy (non-hydrogen) atoms. The molecule has 0 aliphatic rings. The van der Waals surface area contributed by atoms with Crippen LogP contribution in [0.2, 0.25) is 0 Å². The number of hydrogen-bond acceptors (Lipinski definition) is 5. The number of aromatic nitrogens is 1. The van der Waals surface area contributed by atoms with Crippen molar-refractivity contribution in [2.24, 2.45) is 0 Å². The molecule has 1 heterocycles. The molecule has 1 N–H and O–H groups in total. The van der Waals surface area contributed by atoms with Crippen LogP contribution in [0.5, 0.6) is 5.75 Å². The van der Waals surface area contributed by atoms with Gasteiger partial charge >= 0.3 is 5.97 Å². The third-order valence-corrected chi connectivity index (χ3v) is 2.47. The van der Waals surface area contributed by atoms with Gasteiger partial charge in [0.2, 0.25) is 0 Å². The van der Waals surface area contributed by atoms with Gasteiger partial charge in [-0.1, -0.05) is 11.2 Å². The van der Waals surface area contributed by atoms with Gasteiger partial charge in [-0.2, -0.15) is 0 Å². The highest BCUT2D eigenvalue weighted by Gasteiger charge is 2.10. The maximum atomic E-state index is 11.7. The normalized spacial score (nSPS) is 10.3. The van der Waals surface area contributed by atoms with Crippen molar-refractivity contribution in [2.75, 3.05) is 0 Å². The Bertz CT molecular complexity index is 574. The van der Waals surface area contributed by atoms with E-state index in [0.717, 1.165) is 5.69 Å². The second-order valence-electron chi connectivity index (χ2n) is 4.01. The van der Waals surface area contributed by atoms with Crippen LogP contribution in [0.25, 0.3) is 0 Å². The third kappa shape index (κ3) is 2.68. The molecular formula is C13H13NO4. The Labute approximate surface area is 104 Å². The Kier molecular flexibility index (Phi) is 3.32. The first-order valence-corrected chi connectivity index (χ1v) is 5.45. The van der Waals surface area contributed by atoms with Gasteiger partial charge in [-0.05, 0) is 31.5 Å². The molecule has 0 bridgehead atoms. The number of aromatic hydroxyl groups is 1. The fraction of sp³-hybridized carbons (Fsp3) is 0.231. The van der Waals surface area contributed by atoms with Gasteiger partial charge in [0.1, 0.15) is 5.75 Å². The number of ether oxygens (including phenoxy) is 1. The highest BCUT2D eigenvalue weighted by Crippen LogP contribution is 2.18. The van der Waals surface area contributed by atoms with Crippen LogP contribution >= 0.6 is 0 Å². The smallest absolute Gasteiger partial charge is 0.338 e. The number of phenols is 1. The first-order valence-electron chi connectivity index (χ1n) is 5.45. The largest absolute Gasteiger partial charge is 0.508 e. The van der Waals surface area contributed by atoms with Crippen LogP contribution in [-0.4, -0.2) is 16.2 Å². The number of esters is 1. The van der Waals surface area contributed by atoms with Gasteiger partial charge < -0.3 is 14.4 Å². The van der Waals surface area contributed by atoms with Crippen molar-refractivity contribution in [3.8, 4) is 5.75 Å². The van der Waals surface area contributed by atoms with E-state index in [9.17, 15) is 9.90 Å². The van der Waals surface area contributed by atoms with Crippen molar-refractivity contribution in [1.82, 2.24) is 5.16 Å². The van der Waals surface area contributed by atoms with Crippen LogP contribution in [0.4, 0.5) is 0 Å². The fourth-order valence-corrected chi connectivity index (χ4v) is 1.44. The topological polar surface area (TPSA) is 72.6 Å². The number of carbonyl (C=O) groups is 1.